The highest BCUT2D eigenvalue weighted by atomic mass is 16.3. The van der Waals surface area contributed by atoms with E-state index in [0.29, 0.717) is 6.42 Å². The average Bonchev–Trinajstić information content (AvgIpc) is 2.45. The zero-order valence-corrected chi connectivity index (χ0v) is 10.2. The van der Waals surface area contributed by atoms with Crippen LogP contribution in [0.5, 0.6) is 5.75 Å². The van der Waals surface area contributed by atoms with E-state index in [-0.39, 0.29) is 11.3 Å². The molecule has 1 aromatic carbocycles. The summed E-state index contributed by atoms with van der Waals surface area (Å²) in [5.74, 6) is -0.518. The molecular weight excluding hydrogens is 242 g/mol. The number of pyridine rings is 1. The highest BCUT2D eigenvalue weighted by Crippen LogP contribution is 2.14. The van der Waals surface area contributed by atoms with Gasteiger partial charge in [0.2, 0.25) is 0 Å². The molecule has 0 atom stereocenters. The van der Waals surface area contributed by atoms with Crippen LogP contribution in [0, 0.1) is 0 Å². The molecule has 0 aliphatic carbocycles. The fourth-order valence-corrected chi connectivity index (χ4v) is 1.49. The second-order valence-electron chi connectivity index (χ2n) is 3.79. The van der Waals surface area contributed by atoms with Crippen molar-refractivity contribution in [1.82, 2.24) is 10.4 Å². The zero-order valence-electron chi connectivity index (χ0n) is 10.2. The Morgan fingerprint density at radius 2 is 2.05 bits per heavy atom. The molecule has 0 radical (unpaired) electrons. The maximum atomic E-state index is 11.7. The molecule has 1 amide bonds. The number of carbonyl (C=O) groups is 1. The van der Waals surface area contributed by atoms with Crippen LogP contribution in [0.4, 0.5) is 0 Å². The zero-order chi connectivity index (χ0) is 13.5. The Bertz CT molecular complexity index is 582. The van der Waals surface area contributed by atoms with Crippen LogP contribution in [0.1, 0.15) is 16.1 Å². The summed E-state index contributed by atoms with van der Waals surface area (Å²) in [6, 6.07) is 11.9. The first-order chi connectivity index (χ1) is 9.27. The summed E-state index contributed by atoms with van der Waals surface area (Å²) in [6.45, 7) is 0. The van der Waals surface area contributed by atoms with E-state index in [1.807, 2.05) is 18.2 Å². The van der Waals surface area contributed by atoms with Crippen LogP contribution in [0.2, 0.25) is 0 Å². The summed E-state index contributed by atoms with van der Waals surface area (Å²) < 4.78 is 0. The second kappa shape index (κ2) is 6.30. The third kappa shape index (κ3) is 3.64. The van der Waals surface area contributed by atoms with E-state index in [2.05, 4.69) is 15.5 Å². The molecule has 0 saturated carbocycles. The Balaban J connectivity index is 1.89. The molecule has 0 aliphatic heterocycles. The molecular formula is C14H13N3O2. The Kier molecular flexibility index (Phi) is 4.23. The van der Waals surface area contributed by atoms with Gasteiger partial charge in [-0.25, -0.2) is 5.43 Å². The Morgan fingerprint density at radius 1 is 1.26 bits per heavy atom. The monoisotopic (exact) mass is 255 g/mol. The number of aromatic nitrogens is 1. The highest BCUT2D eigenvalue weighted by Gasteiger charge is 2.08. The van der Waals surface area contributed by atoms with Crippen molar-refractivity contribution in [2.75, 3.05) is 0 Å². The van der Waals surface area contributed by atoms with Crippen molar-refractivity contribution in [1.29, 1.82) is 0 Å². The Labute approximate surface area is 110 Å². The van der Waals surface area contributed by atoms with E-state index in [1.165, 1.54) is 12.1 Å². The van der Waals surface area contributed by atoms with Gasteiger partial charge in [-0.1, -0.05) is 18.2 Å². The SMILES string of the molecule is O=C(N/N=C/Cc1ccccn1)c1ccccc1O. The number of benzene rings is 1. The molecule has 0 unspecified atom stereocenters. The molecule has 0 fully saturated rings. The minimum Gasteiger partial charge on any atom is -0.507 e. The Morgan fingerprint density at radius 3 is 2.79 bits per heavy atom. The van der Waals surface area contributed by atoms with Gasteiger partial charge in [-0.2, -0.15) is 5.10 Å². The molecule has 0 bridgehead atoms. The van der Waals surface area contributed by atoms with E-state index < -0.39 is 5.91 Å². The summed E-state index contributed by atoms with van der Waals surface area (Å²) >= 11 is 0. The lowest BCUT2D eigenvalue weighted by molar-refractivity contribution is 0.0952. The average molecular weight is 255 g/mol. The molecule has 2 aromatic rings. The van der Waals surface area contributed by atoms with E-state index in [4.69, 9.17) is 0 Å². The normalized spacial score (nSPS) is 10.5. The summed E-state index contributed by atoms with van der Waals surface area (Å²) in [6.07, 6.45) is 3.78. The van der Waals surface area contributed by atoms with E-state index in [0.717, 1.165) is 5.69 Å². The van der Waals surface area contributed by atoms with Gasteiger partial charge in [0, 0.05) is 24.5 Å². The molecule has 0 saturated heterocycles. The fraction of sp³-hybridized carbons (Fsp3) is 0.0714. The van der Waals surface area contributed by atoms with Gasteiger partial charge < -0.3 is 5.11 Å². The molecule has 19 heavy (non-hydrogen) atoms. The molecule has 5 nitrogen and oxygen atoms in total. The number of carbonyl (C=O) groups excluding carboxylic acids is 1. The molecule has 5 heteroatoms. The number of aromatic hydroxyl groups is 1. The van der Waals surface area contributed by atoms with E-state index in [1.54, 1.807) is 24.5 Å². The van der Waals surface area contributed by atoms with Crippen molar-refractivity contribution < 1.29 is 9.90 Å². The molecule has 2 rings (SSSR count). The first-order valence-electron chi connectivity index (χ1n) is 5.77. The largest absolute Gasteiger partial charge is 0.507 e. The third-order valence-corrected chi connectivity index (χ3v) is 2.43. The minimum atomic E-state index is -0.449. The lowest BCUT2D eigenvalue weighted by Gasteiger charge is -2.01. The number of hydrogen-bond acceptors (Lipinski definition) is 4. The van der Waals surface area contributed by atoms with Gasteiger partial charge in [0.15, 0.2) is 0 Å². The van der Waals surface area contributed by atoms with Crippen LogP contribution in [-0.2, 0) is 6.42 Å². The van der Waals surface area contributed by atoms with Crippen LogP contribution in [0.3, 0.4) is 0 Å². The molecule has 0 aliphatic rings. The lowest BCUT2D eigenvalue weighted by atomic mass is 10.2. The quantitative estimate of drug-likeness (QED) is 0.645. The van der Waals surface area contributed by atoms with Gasteiger partial charge in [-0.3, -0.25) is 9.78 Å². The standard InChI is InChI=1S/C14H13N3O2/c18-13-7-2-1-6-12(13)14(19)17-16-10-8-11-5-3-4-9-15-11/h1-7,9-10,18H,8H2,(H,17,19)/b16-10+. The van der Waals surface area contributed by atoms with Crippen molar-refractivity contribution in [3.63, 3.8) is 0 Å². The maximum absolute atomic E-state index is 11.7. The molecule has 1 heterocycles. The van der Waals surface area contributed by atoms with Crippen molar-refractivity contribution in [2.45, 2.75) is 6.42 Å². The van der Waals surface area contributed by atoms with Gasteiger partial charge in [0.1, 0.15) is 5.75 Å². The summed E-state index contributed by atoms with van der Waals surface area (Å²) in [5.41, 5.74) is 3.41. The summed E-state index contributed by atoms with van der Waals surface area (Å²) in [4.78, 5) is 15.8. The molecule has 0 spiro atoms. The number of hydrogen-bond donors (Lipinski definition) is 2. The van der Waals surface area contributed by atoms with Crippen LogP contribution in [0.25, 0.3) is 0 Å². The van der Waals surface area contributed by atoms with Gasteiger partial charge in [0.25, 0.3) is 5.91 Å². The predicted octanol–water partition coefficient (Wildman–Crippen LogP) is 1.75. The van der Waals surface area contributed by atoms with Crippen LogP contribution < -0.4 is 5.43 Å². The predicted molar refractivity (Wildman–Crippen MR) is 72.0 cm³/mol. The number of nitrogens with zero attached hydrogens (tertiary/aromatic N) is 2. The molecule has 1 aromatic heterocycles. The summed E-state index contributed by atoms with van der Waals surface area (Å²) in [7, 11) is 0. The number of phenols is 1. The first-order valence-corrected chi connectivity index (χ1v) is 5.77. The van der Waals surface area contributed by atoms with Gasteiger partial charge in [-0.05, 0) is 24.3 Å². The second-order valence-corrected chi connectivity index (χ2v) is 3.79. The number of nitrogens with one attached hydrogen (secondary N) is 1. The third-order valence-electron chi connectivity index (χ3n) is 2.43. The number of hydrazone groups is 1. The van der Waals surface area contributed by atoms with Crippen LogP contribution in [0.15, 0.2) is 53.8 Å². The maximum Gasteiger partial charge on any atom is 0.275 e. The van der Waals surface area contributed by atoms with Crippen LogP contribution in [-0.4, -0.2) is 22.2 Å². The first kappa shape index (κ1) is 12.8. The van der Waals surface area contributed by atoms with Crippen molar-refractivity contribution in [2.24, 2.45) is 5.10 Å². The Hall–Kier alpha value is -2.69. The topological polar surface area (TPSA) is 74.6 Å². The summed E-state index contributed by atoms with van der Waals surface area (Å²) in [5, 5.41) is 13.3. The highest BCUT2D eigenvalue weighted by molar-refractivity contribution is 5.96. The number of para-hydroxylation sites is 1. The van der Waals surface area contributed by atoms with E-state index in [9.17, 15) is 9.90 Å². The van der Waals surface area contributed by atoms with Gasteiger partial charge in [-0.15, -0.1) is 0 Å². The van der Waals surface area contributed by atoms with Crippen molar-refractivity contribution in [3.05, 3.63) is 59.9 Å². The lowest BCUT2D eigenvalue weighted by Crippen LogP contribution is -2.17. The van der Waals surface area contributed by atoms with Crippen molar-refractivity contribution in [3.8, 4) is 5.75 Å². The van der Waals surface area contributed by atoms with Crippen LogP contribution >= 0.6 is 0 Å². The minimum absolute atomic E-state index is 0.0695. The van der Waals surface area contributed by atoms with Gasteiger partial charge >= 0.3 is 0 Å². The molecule has 2 N–H and O–H groups in total. The van der Waals surface area contributed by atoms with Gasteiger partial charge in [0.05, 0.1) is 5.56 Å². The molecule has 96 valence electrons. The number of phenolic OH excluding ortho intramolecular Hbond substituents is 1. The number of amides is 1. The van der Waals surface area contributed by atoms with E-state index >= 15 is 0 Å². The fourth-order valence-electron chi connectivity index (χ4n) is 1.49. The van der Waals surface area contributed by atoms with Crippen molar-refractivity contribution >= 4 is 12.1 Å². The smallest absolute Gasteiger partial charge is 0.275 e. The number of rotatable bonds is 4.